The Morgan fingerprint density at radius 3 is 2.21 bits per heavy atom. The van der Waals surface area contributed by atoms with Crippen LogP contribution in [0.3, 0.4) is 0 Å². The number of benzene rings is 1. The van der Waals surface area contributed by atoms with Gasteiger partial charge in [-0.25, -0.2) is 9.90 Å². The molecule has 1 fully saturated rings. The lowest BCUT2D eigenvalue weighted by Gasteiger charge is -2.41. The molecule has 0 aliphatic carbocycles. The van der Waals surface area contributed by atoms with Crippen molar-refractivity contribution < 1.29 is 28.6 Å². The lowest BCUT2D eigenvalue weighted by atomic mass is 9.93. The summed E-state index contributed by atoms with van der Waals surface area (Å²) in [5.74, 6) is -2.48. The topological polar surface area (TPSA) is 74.3 Å². The Balaban J connectivity index is 2.37. The van der Waals surface area contributed by atoms with Crippen LogP contribution >= 0.6 is 11.6 Å². The third-order valence-electron chi connectivity index (χ3n) is 3.87. The first kappa shape index (κ1) is 18.5. The first-order valence-electron chi connectivity index (χ1n) is 7.41. The summed E-state index contributed by atoms with van der Waals surface area (Å²) < 4.78 is 14.8. The van der Waals surface area contributed by atoms with Gasteiger partial charge in [-0.3, -0.25) is 9.59 Å². The van der Waals surface area contributed by atoms with Crippen molar-refractivity contribution in [3.8, 4) is 0 Å². The second-order valence-electron chi connectivity index (χ2n) is 5.24. The van der Waals surface area contributed by atoms with Gasteiger partial charge in [-0.2, -0.15) is 0 Å². The third kappa shape index (κ3) is 3.98. The van der Waals surface area contributed by atoms with E-state index in [0.717, 1.165) is 0 Å². The Bertz CT molecular complexity index is 562. The third-order valence-corrected chi connectivity index (χ3v) is 4.12. The van der Waals surface area contributed by atoms with Gasteiger partial charge in [0.25, 0.3) is 0 Å². The molecule has 0 unspecified atom stereocenters. The molecular weight excluding hydrogens is 338 g/mol. The van der Waals surface area contributed by atoms with E-state index in [2.05, 4.69) is 0 Å². The van der Waals surface area contributed by atoms with E-state index in [1.165, 1.54) is 26.4 Å². The molecule has 0 saturated carbocycles. The van der Waals surface area contributed by atoms with Crippen LogP contribution in [-0.4, -0.2) is 45.6 Å². The molecule has 1 heterocycles. The Morgan fingerprint density at radius 2 is 1.71 bits per heavy atom. The summed E-state index contributed by atoms with van der Waals surface area (Å²) in [5, 5.41) is 2.06. The molecule has 2 rings (SSSR count). The maximum atomic E-state index is 12.1. The van der Waals surface area contributed by atoms with Crippen molar-refractivity contribution in [2.24, 2.45) is 5.92 Å². The summed E-state index contributed by atoms with van der Waals surface area (Å²) in [5.41, 5.74) is 0.643. The normalized spacial score (nSPS) is 20.8. The van der Waals surface area contributed by atoms with Crippen LogP contribution in [0.2, 0.25) is 5.02 Å². The van der Waals surface area contributed by atoms with Gasteiger partial charge in [0.15, 0.2) is 12.2 Å². The van der Waals surface area contributed by atoms with E-state index < -0.39 is 30.2 Å². The van der Waals surface area contributed by atoms with Gasteiger partial charge in [0.05, 0.1) is 25.9 Å². The first-order valence-corrected chi connectivity index (χ1v) is 7.79. The van der Waals surface area contributed by atoms with Crippen molar-refractivity contribution in [3.05, 3.63) is 29.3 Å². The number of anilines is 1. The molecule has 0 bridgehead atoms. The van der Waals surface area contributed by atoms with Gasteiger partial charge < -0.3 is 14.2 Å². The lowest BCUT2D eigenvalue weighted by Crippen LogP contribution is -2.52. The second kappa shape index (κ2) is 8.32. The minimum Gasteiger partial charge on any atom is -0.468 e. The van der Waals surface area contributed by atoms with Gasteiger partial charge >= 0.3 is 11.9 Å². The smallest absolute Gasteiger partial charge is 0.322 e. The number of hydroxylamine groups is 1. The zero-order chi connectivity index (χ0) is 17.7. The summed E-state index contributed by atoms with van der Waals surface area (Å²) in [6.07, 6.45) is 0.527. The van der Waals surface area contributed by atoms with Crippen LogP contribution in [0.5, 0.6) is 0 Å². The van der Waals surface area contributed by atoms with E-state index in [-0.39, 0.29) is 0 Å². The van der Waals surface area contributed by atoms with E-state index in [1.54, 1.807) is 24.3 Å². The van der Waals surface area contributed by atoms with Gasteiger partial charge in [0.1, 0.15) is 0 Å². The number of ether oxygens (including phenoxy) is 3. The molecule has 1 aromatic carbocycles. The van der Waals surface area contributed by atoms with E-state index in [4.69, 9.17) is 30.6 Å². The van der Waals surface area contributed by atoms with Gasteiger partial charge in [0.2, 0.25) is 0 Å². The highest BCUT2D eigenvalue weighted by molar-refractivity contribution is 6.30. The predicted molar refractivity (Wildman–Crippen MR) is 86.4 cm³/mol. The molecule has 0 spiro atoms. The number of carbonyl (C=O) groups excluding carboxylic acids is 2. The molecule has 0 aromatic heterocycles. The number of hydrogen-bond donors (Lipinski definition) is 0. The summed E-state index contributed by atoms with van der Waals surface area (Å²) in [7, 11) is 3.99. The van der Waals surface area contributed by atoms with Crippen LogP contribution in [0, 0.1) is 5.92 Å². The maximum absolute atomic E-state index is 12.1. The minimum atomic E-state index is -1.13. The Hall–Kier alpha value is -1.83. The molecule has 1 aliphatic rings. The summed E-state index contributed by atoms with van der Waals surface area (Å²) in [4.78, 5) is 30.1. The van der Waals surface area contributed by atoms with Gasteiger partial charge in [-0.05, 0) is 30.7 Å². The number of halogens is 1. The summed E-state index contributed by atoms with van der Waals surface area (Å²) in [6, 6.07) is 6.27. The fourth-order valence-corrected chi connectivity index (χ4v) is 2.78. The Labute approximate surface area is 145 Å². The molecular formula is C16H20ClNO6. The first-order chi connectivity index (χ1) is 11.5. The molecule has 1 aliphatic heterocycles. The number of carbonyl (C=O) groups is 2. The molecule has 0 amide bonds. The Kier molecular flexibility index (Phi) is 6.42. The Morgan fingerprint density at radius 1 is 1.12 bits per heavy atom. The van der Waals surface area contributed by atoms with Crippen LogP contribution in [0.25, 0.3) is 0 Å². The number of hydrogen-bond acceptors (Lipinski definition) is 7. The molecule has 8 heteroatoms. The SMILES string of the molecule is COC(=O)C(C(=O)OC)[C@H]1CC[C@H](OC)ON1c1ccc(Cl)cc1. The molecule has 24 heavy (non-hydrogen) atoms. The second-order valence-corrected chi connectivity index (χ2v) is 5.68. The molecule has 1 saturated heterocycles. The van der Waals surface area contributed by atoms with Crippen molar-refractivity contribution in [2.45, 2.75) is 25.2 Å². The monoisotopic (exact) mass is 357 g/mol. The van der Waals surface area contributed by atoms with E-state index in [9.17, 15) is 9.59 Å². The minimum absolute atomic E-state index is 0.479. The molecule has 0 N–H and O–H groups in total. The fraction of sp³-hybridized carbons (Fsp3) is 0.500. The van der Waals surface area contributed by atoms with Gasteiger partial charge in [-0.1, -0.05) is 11.6 Å². The van der Waals surface area contributed by atoms with Crippen LogP contribution in [0.4, 0.5) is 5.69 Å². The largest absolute Gasteiger partial charge is 0.468 e. The predicted octanol–water partition coefficient (Wildman–Crippen LogP) is 2.18. The van der Waals surface area contributed by atoms with Crippen LogP contribution in [0.1, 0.15) is 12.8 Å². The van der Waals surface area contributed by atoms with Crippen LogP contribution in [-0.2, 0) is 28.6 Å². The van der Waals surface area contributed by atoms with Crippen LogP contribution in [0.15, 0.2) is 24.3 Å². The van der Waals surface area contributed by atoms with Crippen molar-refractivity contribution in [1.29, 1.82) is 0 Å². The number of rotatable bonds is 5. The molecule has 132 valence electrons. The average Bonchev–Trinajstić information content (AvgIpc) is 2.62. The van der Waals surface area contributed by atoms with E-state index in [0.29, 0.717) is 23.6 Å². The quantitative estimate of drug-likeness (QED) is 0.590. The highest BCUT2D eigenvalue weighted by atomic mass is 35.5. The van der Waals surface area contributed by atoms with E-state index in [1.807, 2.05) is 0 Å². The number of methoxy groups -OCH3 is 3. The van der Waals surface area contributed by atoms with E-state index >= 15 is 0 Å². The fourth-order valence-electron chi connectivity index (χ4n) is 2.65. The van der Waals surface area contributed by atoms with Gasteiger partial charge in [-0.15, -0.1) is 0 Å². The maximum Gasteiger partial charge on any atom is 0.322 e. The highest BCUT2D eigenvalue weighted by Gasteiger charge is 2.44. The summed E-state index contributed by atoms with van der Waals surface area (Å²) >= 11 is 5.92. The zero-order valence-corrected chi connectivity index (χ0v) is 14.5. The summed E-state index contributed by atoms with van der Waals surface area (Å²) in [6.45, 7) is 0. The molecule has 0 radical (unpaired) electrons. The number of nitrogens with zero attached hydrogens (tertiary/aromatic N) is 1. The molecule has 2 atom stereocenters. The lowest BCUT2D eigenvalue weighted by molar-refractivity contribution is -0.181. The average molecular weight is 358 g/mol. The molecule has 1 aromatic rings. The van der Waals surface area contributed by atoms with Crippen molar-refractivity contribution >= 4 is 29.2 Å². The molecule has 7 nitrogen and oxygen atoms in total. The standard InChI is InChI=1S/C16H20ClNO6/c1-21-13-9-8-12(14(15(19)22-2)16(20)23-3)18(24-13)11-6-4-10(17)5-7-11/h4-7,12-14H,8-9H2,1-3H3/t12-,13-/m1/s1. The van der Waals surface area contributed by atoms with Crippen LogP contribution < -0.4 is 5.06 Å². The van der Waals surface area contributed by atoms with Gasteiger partial charge in [0, 0.05) is 18.6 Å². The van der Waals surface area contributed by atoms with Crippen molar-refractivity contribution in [3.63, 3.8) is 0 Å². The number of esters is 2. The van der Waals surface area contributed by atoms with Crippen molar-refractivity contribution in [2.75, 3.05) is 26.4 Å². The van der Waals surface area contributed by atoms with Crippen molar-refractivity contribution in [1.82, 2.24) is 0 Å². The highest BCUT2D eigenvalue weighted by Crippen LogP contribution is 2.32. The zero-order valence-electron chi connectivity index (χ0n) is 13.7.